The number of rotatable bonds is 7. The molecule has 4 nitrogen and oxygen atoms in total. The van der Waals surface area contributed by atoms with Crippen molar-refractivity contribution in [1.29, 1.82) is 0 Å². The van der Waals surface area contributed by atoms with Crippen molar-refractivity contribution >= 4 is 33.2 Å². The van der Waals surface area contributed by atoms with Gasteiger partial charge in [0.25, 0.3) is 0 Å². The molecular formula is C16H24Cl2N2O2S. The van der Waals surface area contributed by atoms with Crippen molar-refractivity contribution in [3.05, 3.63) is 33.8 Å². The zero-order valence-electron chi connectivity index (χ0n) is 13.4. The van der Waals surface area contributed by atoms with Gasteiger partial charge in [-0.3, -0.25) is 0 Å². The highest BCUT2D eigenvalue weighted by atomic mass is 35.5. The zero-order valence-corrected chi connectivity index (χ0v) is 15.7. The fourth-order valence-electron chi connectivity index (χ4n) is 3.15. The minimum absolute atomic E-state index is 0.00979. The maximum absolute atomic E-state index is 11.5. The summed E-state index contributed by atoms with van der Waals surface area (Å²) in [5.41, 5.74) is 1.17. The van der Waals surface area contributed by atoms with Crippen LogP contribution in [0.5, 0.6) is 0 Å². The van der Waals surface area contributed by atoms with Gasteiger partial charge in [-0.1, -0.05) is 29.3 Å². The fraction of sp³-hybridized carbons (Fsp3) is 0.625. The Morgan fingerprint density at radius 3 is 2.70 bits per heavy atom. The first kappa shape index (κ1) is 19.0. The Kier molecular flexibility index (Phi) is 6.75. The van der Waals surface area contributed by atoms with Gasteiger partial charge in [0.1, 0.15) is 0 Å². The first-order chi connectivity index (χ1) is 10.9. The molecule has 7 heteroatoms. The standard InChI is InChI=1S/C16H24Cl2N2O2S/c1-2-23(21,22)20-10-4-8-16(7-3-9-19-12-16)13-5-6-14(17)15(18)11-13/h5-6,11,19-20H,2-4,7-10,12H2,1H3. The van der Waals surface area contributed by atoms with Gasteiger partial charge in [0.15, 0.2) is 0 Å². The van der Waals surface area contributed by atoms with E-state index in [1.165, 1.54) is 5.56 Å². The van der Waals surface area contributed by atoms with Gasteiger partial charge in [-0.25, -0.2) is 13.1 Å². The quantitative estimate of drug-likeness (QED) is 0.715. The summed E-state index contributed by atoms with van der Waals surface area (Å²) in [6.45, 7) is 4.01. The first-order valence-corrected chi connectivity index (χ1v) is 10.4. The topological polar surface area (TPSA) is 58.2 Å². The minimum Gasteiger partial charge on any atom is -0.316 e. The van der Waals surface area contributed by atoms with Crippen molar-refractivity contribution in [1.82, 2.24) is 10.0 Å². The van der Waals surface area contributed by atoms with Gasteiger partial charge in [-0.05, 0) is 56.8 Å². The van der Waals surface area contributed by atoms with Gasteiger partial charge < -0.3 is 5.32 Å². The zero-order chi connectivity index (χ0) is 16.9. The Morgan fingerprint density at radius 1 is 1.30 bits per heavy atom. The van der Waals surface area contributed by atoms with E-state index in [1.807, 2.05) is 18.2 Å². The van der Waals surface area contributed by atoms with Gasteiger partial charge >= 0.3 is 0 Å². The highest BCUT2D eigenvalue weighted by Crippen LogP contribution is 2.38. The summed E-state index contributed by atoms with van der Waals surface area (Å²) in [7, 11) is -3.12. The lowest BCUT2D eigenvalue weighted by Crippen LogP contribution is -2.44. The summed E-state index contributed by atoms with van der Waals surface area (Å²) in [5, 5.41) is 4.59. The molecule has 0 bridgehead atoms. The number of piperidine rings is 1. The number of halogens is 2. The summed E-state index contributed by atoms with van der Waals surface area (Å²) in [6.07, 6.45) is 3.87. The molecule has 1 heterocycles. The van der Waals surface area contributed by atoms with E-state index in [0.29, 0.717) is 16.6 Å². The molecule has 0 amide bonds. The van der Waals surface area contributed by atoms with Crippen LogP contribution in [0.1, 0.15) is 38.2 Å². The lowest BCUT2D eigenvalue weighted by Gasteiger charge is -2.38. The highest BCUT2D eigenvalue weighted by molar-refractivity contribution is 7.89. The van der Waals surface area contributed by atoms with Crippen LogP contribution in [0.2, 0.25) is 10.0 Å². The predicted octanol–water partition coefficient (Wildman–Crippen LogP) is 3.33. The van der Waals surface area contributed by atoms with Crippen molar-refractivity contribution in [2.75, 3.05) is 25.4 Å². The van der Waals surface area contributed by atoms with E-state index >= 15 is 0 Å². The highest BCUT2D eigenvalue weighted by Gasteiger charge is 2.33. The third-order valence-corrected chi connectivity index (χ3v) is 6.68. The summed E-state index contributed by atoms with van der Waals surface area (Å²) in [5.74, 6) is 0.118. The Balaban J connectivity index is 2.08. The second-order valence-corrected chi connectivity index (χ2v) is 9.00. The number of sulfonamides is 1. The van der Waals surface area contributed by atoms with E-state index in [0.717, 1.165) is 38.8 Å². The molecule has 1 saturated heterocycles. The number of hydrogen-bond acceptors (Lipinski definition) is 3. The Bertz CT molecular complexity index is 629. The van der Waals surface area contributed by atoms with Crippen LogP contribution < -0.4 is 10.0 Å². The molecule has 1 aromatic carbocycles. The molecule has 1 unspecified atom stereocenters. The van der Waals surface area contributed by atoms with Crippen LogP contribution in [0.25, 0.3) is 0 Å². The molecule has 1 aliphatic rings. The molecule has 0 saturated carbocycles. The average molecular weight is 379 g/mol. The van der Waals surface area contributed by atoms with Crippen molar-refractivity contribution in [2.24, 2.45) is 0 Å². The molecule has 0 aromatic heterocycles. The maximum atomic E-state index is 11.5. The third-order valence-electron chi connectivity index (χ3n) is 4.54. The third kappa shape index (κ3) is 5.07. The second-order valence-electron chi connectivity index (χ2n) is 6.09. The fourth-order valence-corrected chi connectivity index (χ4v) is 4.11. The van der Waals surface area contributed by atoms with Crippen molar-refractivity contribution in [3.8, 4) is 0 Å². The molecule has 23 heavy (non-hydrogen) atoms. The van der Waals surface area contributed by atoms with Gasteiger partial charge in [0, 0.05) is 18.5 Å². The van der Waals surface area contributed by atoms with Gasteiger partial charge in [-0.2, -0.15) is 0 Å². The van der Waals surface area contributed by atoms with E-state index in [-0.39, 0.29) is 11.2 Å². The molecule has 2 rings (SSSR count). The summed E-state index contributed by atoms with van der Waals surface area (Å²) in [6, 6.07) is 5.83. The molecule has 1 atom stereocenters. The normalized spacial score (nSPS) is 22.2. The van der Waals surface area contributed by atoms with Gasteiger partial charge in [0.2, 0.25) is 10.0 Å². The molecule has 1 fully saturated rings. The largest absolute Gasteiger partial charge is 0.316 e. The summed E-state index contributed by atoms with van der Waals surface area (Å²) in [4.78, 5) is 0. The van der Waals surface area contributed by atoms with Gasteiger partial charge in [-0.15, -0.1) is 0 Å². The van der Waals surface area contributed by atoms with E-state index in [4.69, 9.17) is 23.2 Å². The molecule has 2 N–H and O–H groups in total. The Hall–Kier alpha value is -0.330. The number of nitrogens with one attached hydrogen (secondary N) is 2. The molecule has 1 aromatic rings. The summed E-state index contributed by atoms with van der Waals surface area (Å²) >= 11 is 12.2. The van der Waals surface area contributed by atoms with Crippen LogP contribution in [0.15, 0.2) is 18.2 Å². The van der Waals surface area contributed by atoms with Gasteiger partial charge in [0.05, 0.1) is 15.8 Å². The lowest BCUT2D eigenvalue weighted by molar-refractivity contribution is 0.287. The minimum atomic E-state index is -3.12. The van der Waals surface area contributed by atoms with Crippen LogP contribution in [0, 0.1) is 0 Å². The van der Waals surface area contributed by atoms with E-state index in [9.17, 15) is 8.42 Å². The van der Waals surface area contributed by atoms with Crippen molar-refractivity contribution in [3.63, 3.8) is 0 Å². The molecule has 0 spiro atoms. The molecule has 1 aliphatic heterocycles. The Morgan fingerprint density at radius 2 is 2.09 bits per heavy atom. The van der Waals surface area contributed by atoms with Crippen LogP contribution in [0.4, 0.5) is 0 Å². The van der Waals surface area contributed by atoms with Crippen molar-refractivity contribution in [2.45, 2.75) is 38.0 Å². The Labute approximate surface area is 149 Å². The lowest BCUT2D eigenvalue weighted by atomic mass is 9.71. The number of hydrogen-bond donors (Lipinski definition) is 2. The molecule has 0 radical (unpaired) electrons. The average Bonchev–Trinajstić information content (AvgIpc) is 2.55. The summed E-state index contributed by atoms with van der Waals surface area (Å²) < 4.78 is 25.7. The van der Waals surface area contributed by atoms with Crippen molar-refractivity contribution < 1.29 is 8.42 Å². The monoisotopic (exact) mass is 378 g/mol. The van der Waals surface area contributed by atoms with E-state index < -0.39 is 10.0 Å². The molecular weight excluding hydrogens is 355 g/mol. The second kappa shape index (κ2) is 8.17. The number of benzene rings is 1. The van der Waals surface area contributed by atoms with Crippen LogP contribution >= 0.6 is 23.2 Å². The van der Waals surface area contributed by atoms with Crippen LogP contribution in [0.3, 0.4) is 0 Å². The van der Waals surface area contributed by atoms with E-state index in [1.54, 1.807) is 6.92 Å². The maximum Gasteiger partial charge on any atom is 0.211 e. The van der Waals surface area contributed by atoms with E-state index in [2.05, 4.69) is 10.0 Å². The first-order valence-electron chi connectivity index (χ1n) is 8.02. The van der Waals surface area contributed by atoms with Crippen LogP contribution in [-0.2, 0) is 15.4 Å². The SMILES string of the molecule is CCS(=O)(=O)NCCCC1(c2ccc(Cl)c(Cl)c2)CCCNC1. The van der Waals surface area contributed by atoms with Crippen LogP contribution in [-0.4, -0.2) is 33.8 Å². The predicted molar refractivity (Wildman–Crippen MR) is 96.9 cm³/mol. The smallest absolute Gasteiger partial charge is 0.211 e. The molecule has 0 aliphatic carbocycles. The molecule has 130 valence electrons.